The Bertz CT molecular complexity index is 366. The van der Waals surface area contributed by atoms with Crippen molar-refractivity contribution in [3.05, 3.63) is 46.0 Å². The molecule has 68 valence electrons. The molecule has 0 saturated heterocycles. The summed E-state index contributed by atoms with van der Waals surface area (Å²) in [6, 6.07) is 5.63. The zero-order chi connectivity index (χ0) is 10.0. The van der Waals surface area contributed by atoms with Crippen molar-refractivity contribution in [3.8, 4) is 0 Å². The third-order valence-electron chi connectivity index (χ3n) is 1.82. The van der Waals surface area contributed by atoms with Gasteiger partial charge in [0.2, 0.25) is 0 Å². The fourth-order valence-corrected chi connectivity index (χ4v) is 1.50. The number of hydrogen-bond acceptors (Lipinski definition) is 1. The average molecular weight is 239 g/mol. The molecular formula is C11H11BrO. The quantitative estimate of drug-likeness (QED) is 0.570. The summed E-state index contributed by atoms with van der Waals surface area (Å²) >= 11 is 3.39. The average Bonchev–Trinajstić information content (AvgIpc) is 2.08. The van der Waals surface area contributed by atoms with Crippen molar-refractivity contribution < 1.29 is 4.79 Å². The molecular weight excluding hydrogens is 228 g/mol. The fourth-order valence-electron chi connectivity index (χ4n) is 1.05. The third-order valence-corrected chi connectivity index (χ3v) is 2.88. The van der Waals surface area contributed by atoms with Gasteiger partial charge in [0.15, 0.2) is 5.78 Å². The maximum absolute atomic E-state index is 11.6. The summed E-state index contributed by atoms with van der Waals surface area (Å²) in [5.74, 6) is -0.00410. The minimum absolute atomic E-state index is 0.00410. The number of allylic oxidation sites excluding steroid dienone is 1. The van der Waals surface area contributed by atoms with Crippen molar-refractivity contribution in [2.45, 2.75) is 13.8 Å². The first-order chi connectivity index (χ1) is 6.04. The van der Waals surface area contributed by atoms with Crippen LogP contribution in [0.1, 0.15) is 22.8 Å². The first-order valence-corrected chi connectivity index (χ1v) is 4.78. The van der Waals surface area contributed by atoms with Gasteiger partial charge in [-0.3, -0.25) is 4.79 Å². The molecule has 0 aromatic heterocycles. The Morgan fingerprint density at radius 2 is 2.08 bits per heavy atom. The van der Waals surface area contributed by atoms with E-state index >= 15 is 0 Å². The number of hydrogen-bond donors (Lipinski definition) is 0. The van der Waals surface area contributed by atoms with E-state index in [4.69, 9.17) is 0 Å². The Morgan fingerprint density at radius 3 is 2.62 bits per heavy atom. The second-order valence-electron chi connectivity index (χ2n) is 3.05. The molecule has 0 bridgehead atoms. The molecule has 0 fully saturated rings. The lowest BCUT2D eigenvalue weighted by Gasteiger charge is -2.04. The predicted octanol–water partition coefficient (Wildman–Crippen LogP) is 3.52. The Morgan fingerprint density at radius 1 is 1.46 bits per heavy atom. The van der Waals surface area contributed by atoms with Crippen molar-refractivity contribution in [2.24, 2.45) is 0 Å². The van der Waals surface area contributed by atoms with Crippen molar-refractivity contribution in [1.29, 1.82) is 0 Å². The molecule has 0 spiro atoms. The van der Waals surface area contributed by atoms with E-state index in [0.29, 0.717) is 11.1 Å². The van der Waals surface area contributed by atoms with Gasteiger partial charge in [0, 0.05) is 10.0 Å². The second kappa shape index (κ2) is 3.88. The van der Waals surface area contributed by atoms with E-state index in [1.54, 1.807) is 13.0 Å². The molecule has 0 aliphatic carbocycles. The highest BCUT2D eigenvalue weighted by atomic mass is 79.9. The topological polar surface area (TPSA) is 17.1 Å². The Balaban J connectivity index is 3.23. The molecule has 13 heavy (non-hydrogen) atoms. The second-order valence-corrected chi connectivity index (χ2v) is 3.84. The summed E-state index contributed by atoms with van der Waals surface area (Å²) in [7, 11) is 0. The molecule has 2 heteroatoms. The zero-order valence-corrected chi connectivity index (χ0v) is 9.31. The number of aryl methyl sites for hydroxylation is 1. The van der Waals surface area contributed by atoms with E-state index in [9.17, 15) is 4.79 Å². The molecule has 1 aromatic carbocycles. The molecule has 0 atom stereocenters. The van der Waals surface area contributed by atoms with Crippen LogP contribution in [0.3, 0.4) is 0 Å². The Kier molecular flexibility index (Phi) is 3.04. The predicted molar refractivity (Wildman–Crippen MR) is 58.0 cm³/mol. The third kappa shape index (κ3) is 2.07. The van der Waals surface area contributed by atoms with Gasteiger partial charge < -0.3 is 0 Å². The summed E-state index contributed by atoms with van der Waals surface area (Å²) < 4.78 is 0.864. The maximum atomic E-state index is 11.6. The van der Waals surface area contributed by atoms with Crippen molar-refractivity contribution in [3.63, 3.8) is 0 Å². The van der Waals surface area contributed by atoms with Crippen LogP contribution in [0.4, 0.5) is 0 Å². The first-order valence-electron chi connectivity index (χ1n) is 3.99. The van der Waals surface area contributed by atoms with Crippen LogP contribution >= 0.6 is 15.9 Å². The van der Waals surface area contributed by atoms with Gasteiger partial charge >= 0.3 is 0 Å². The number of halogens is 1. The molecule has 0 saturated carbocycles. The first kappa shape index (κ1) is 10.2. The van der Waals surface area contributed by atoms with Crippen LogP contribution in [-0.4, -0.2) is 5.78 Å². The van der Waals surface area contributed by atoms with Crippen LogP contribution in [0.2, 0.25) is 0 Å². The lowest BCUT2D eigenvalue weighted by molar-refractivity contribution is 0.103. The van der Waals surface area contributed by atoms with Crippen molar-refractivity contribution in [2.75, 3.05) is 0 Å². The smallest absolute Gasteiger partial charge is 0.189 e. The molecule has 1 nitrogen and oxygen atoms in total. The van der Waals surface area contributed by atoms with Gasteiger partial charge in [0.05, 0.1) is 0 Å². The lowest BCUT2D eigenvalue weighted by Crippen LogP contribution is -2.01. The van der Waals surface area contributed by atoms with Crippen LogP contribution in [0.25, 0.3) is 0 Å². The minimum Gasteiger partial charge on any atom is -0.289 e. The molecule has 0 N–H and O–H groups in total. The van der Waals surface area contributed by atoms with E-state index < -0.39 is 0 Å². The Labute approximate surface area is 86.6 Å². The molecule has 0 unspecified atom stereocenters. The summed E-state index contributed by atoms with van der Waals surface area (Å²) in [6.07, 6.45) is 0. The normalized spacial score (nSPS) is 9.77. The molecule has 0 heterocycles. The summed E-state index contributed by atoms with van der Waals surface area (Å²) in [5.41, 5.74) is 2.31. The van der Waals surface area contributed by atoms with E-state index in [0.717, 1.165) is 10.0 Å². The van der Waals surface area contributed by atoms with Gasteiger partial charge in [-0.2, -0.15) is 0 Å². The minimum atomic E-state index is -0.00410. The van der Waals surface area contributed by atoms with Gasteiger partial charge in [0.1, 0.15) is 0 Å². The van der Waals surface area contributed by atoms with E-state index in [1.165, 1.54) is 0 Å². The van der Waals surface area contributed by atoms with Crippen molar-refractivity contribution in [1.82, 2.24) is 0 Å². The Hall–Kier alpha value is -0.890. The number of benzene rings is 1. The molecule has 0 aliphatic rings. The van der Waals surface area contributed by atoms with Gasteiger partial charge in [-0.1, -0.05) is 18.7 Å². The van der Waals surface area contributed by atoms with Crippen LogP contribution in [-0.2, 0) is 0 Å². The zero-order valence-electron chi connectivity index (χ0n) is 7.73. The molecule has 0 aliphatic heterocycles. The maximum Gasteiger partial charge on any atom is 0.189 e. The summed E-state index contributed by atoms with van der Waals surface area (Å²) in [4.78, 5) is 11.6. The fraction of sp³-hybridized carbons (Fsp3) is 0.182. The lowest BCUT2D eigenvalue weighted by atomic mass is 10.0. The van der Waals surface area contributed by atoms with Gasteiger partial charge in [-0.25, -0.2) is 0 Å². The van der Waals surface area contributed by atoms with Gasteiger partial charge in [-0.05, 0) is 47.0 Å². The molecule has 0 amide bonds. The van der Waals surface area contributed by atoms with Gasteiger partial charge in [0.25, 0.3) is 0 Å². The van der Waals surface area contributed by atoms with E-state index in [-0.39, 0.29) is 5.78 Å². The highest BCUT2D eigenvalue weighted by molar-refractivity contribution is 9.10. The number of carbonyl (C=O) groups is 1. The van der Waals surface area contributed by atoms with E-state index in [2.05, 4.69) is 22.5 Å². The summed E-state index contributed by atoms with van der Waals surface area (Å²) in [5, 5.41) is 0. The van der Waals surface area contributed by atoms with Crippen LogP contribution in [0.5, 0.6) is 0 Å². The number of rotatable bonds is 2. The van der Waals surface area contributed by atoms with Crippen LogP contribution in [0.15, 0.2) is 34.8 Å². The monoisotopic (exact) mass is 238 g/mol. The number of ketones is 1. The van der Waals surface area contributed by atoms with Gasteiger partial charge in [-0.15, -0.1) is 0 Å². The number of Topliss-reactive ketones (excluding diaryl/α,β-unsaturated/α-hetero) is 1. The summed E-state index contributed by atoms with van der Waals surface area (Å²) in [6.45, 7) is 7.31. The SMILES string of the molecule is C=C(C)C(=O)c1cccc(C)c1Br. The molecule has 0 radical (unpaired) electrons. The van der Waals surface area contributed by atoms with Crippen LogP contribution in [0, 0.1) is 6.92 Å². The largest absolute Gasteiger partial charge is 0.289 e. The van der Waals surface area contributed by atoms with Crippen molar-refractivity contribution >= 4 is 21.7 Å². The molecule has 1 aromatic rings. The van der Waals surface area contributed by atoms with Crippen LogP contribution < -0.4 is 0 Å². The number of carbonyl (C=O) groups excluding carboxylic acids is 1. The molecule has 1 rings (SSSR count). The van der Waals surface area contributed by atoms with E-state index in [1.807, 2.05) is 19.1 Å². The standard InChI is InChI=1S/C11H11BrO/c1-7(2)11(13)9-6-4-5-8(3)10(9)12/h4-6H,1H2,2-3H3. The highest BCUT2D eigenvalue weighted by Crippen LogP contribution is 2.22. The highest BCUT2D eigenvalue weighted by Gasteiger charge is 2.10.